The highest BCUT2D eigenvalue weighted by Gasteiger charge is 2.19. The molecular formula is C21H27N. The summed E-state index contributed by atoms with van der Waals surface area (Å²) in [6, 6.07) is 11.5. The summed E-state index contributed by atoms with van der Waals surface area (Å²) in [6.07, 6.45) is 0. The fourth-order valence-corrected chi connectivity index (χ4v) is 3.08. The molecule has 0 saturated heterocycles. The SMILES string of the molecule is Cc1cc(C(C)(C)C)cc2c1[nH]c1ccc(C(C)(C)C)cc12. The van der Waals surface area contributed by atoms with Gasteiger partial charge >= 0.3 is 0 Å². The molecule has 0 radical (unpaired) electrons. The lowest BCUT2D eigenvalue weighted by Crippen LogP contribution is -2.11. The van der Waals surface area contributed by atoms with E-state index >= 15 is 0 Å². The molecule has 0 spiro atoms. The third-order valence-electron chi connectivity index (χ3n) is 4.64. The summed E-state index contributed by atoms with van der Waals surface area (Å²) in [5, 5.41) is 2.70. The Morgan fingerprint density at radius 3 is 1.91 bits per heavy atom. The maximum Gasteiger partial charge on any atom is 0.0494 e. The van der Waals surface area contributed by atoms with E-state index in [2.05, 4.69) is 83.8 Å². The van der Waals surface area contributed by atoms with Crippen molar-refractivity contribution in [3.63, 3.8) is 0 Å². The molecule has 0 atom stereocenters. The summed E-state index contributed by atoms with van der Waals surface area (Å²) in [4.78, 5) is 3.60. The van der Waals surface area contributed by atoms with Crippen molar-refractivity contribution in [2.45, 2.75) is 59.3 Å². The van der Waals surface area contributed by atoms with Crippen LogP contribution in [0.3, 0.4) is 0 Å². The van der Waals surface area contributed by atoms with Crippen LogP contribution in [0.25, 0.3) is 21.8 Å². The predicted octanol–water partition coefficient (Wildman–Crippen LogP) is 6.22. The molecule has 1 nitrogen and oxygen atoms in total. The second kappa shape index (κ2) is 4.62. The third kappa shape index (κ3) is 2.43. The van der Waals surface area contributed by atoms with Crippen LogP contribution in [0, 0.1) is 6.92 Å². The van der Waals surface area contributed by atoms with E-state index < -0.39 is 0 Å². The van der Waals surface area contributed by atoms with Crippen LogP contribution in [0.5, 0.6) is 0 Å². The minimum atomic E-state index is 0.171. The van der Waals surface area contributed by atoms with Crippen molar-refractivity contribution in [1.82, 2.24) is 4.98 Å². The van der Waals surface area contributed by atoms with Gasteiger partial charge in [0, 0.05) is 21.8 Å². The number of aromatic nitrogens is 1. The Balaban J connectivity index is 2.37. The second-order valence-electron chi connectivity index (χ2n) is 8.60. The Bertz CT molecular complexity index is 851. The molecule has 3 aromatic rings. The van der Waals surface area contributed by atoms with Gasteiger partial charge in [-0.25, -0.2) is 0 Å². The lowest BCUT2D eigenvalue weighted by molar-refractivity contribution is 0.590. The minimum Gasteiger partial charge on any atom is -0.354 e. The molecule has 0 bridgehead atoms. The Hall–Kier alpha value is -1.76. The number of aryl methyl sites for hydroxylation is 1. The zero-order chi connectivity index (χ0) is 16.3. The maximum absolute atomic E-state index is 3.60. The van der Waals surface area contributed by atoms with Crippen LogP contribution in [-0.2, 0) is 10.8 Å². The fourth-order valence-electron chi connectivity index (χ4n) is 3.08. The first-order valence-corrected chi connectivity index (χ1v) is 8.14. The topological polar surface area (TPSA) is 15.8 Å². The number of hydrogen-bond acceptors (Lipinski definition) is 0. The standard InChI is InChI=1S/C21H27N/c1-13-10-15(21(5,6)7)12-17-16-11-14(20(2,3)4)8-9-18(16)22-19(13)17/h8-12,22H,1-7H3. The van der Waals surface area contributed by atoms with Gasteiger partial charge in [0.25, 0.3) is 0 Å². The summed E-state index contributed by atoms with van der Waals surface area (Å²) in [7, 11) is 0. The Kier molecular flexibility index (Phi) is 3.18. The van der Waals surface area contributed by atoms with E-state index in [0.717, 1.165) is 0 Å². The first-order chi connectivity index (χ1) is 10.1. The first kappa shape index (κ1) is 15.1. The molecule has 0 amide bonds. The normalized spacial score (nSPS) is 13.2. The number of aromatic amines is 1. The predicted molar refractivity (Wildman–Crippen MR) is 97.9 cm³/mol. The van der Waals surface area contributed by atoms with Gasteiger partial charge in [-0.05, 0) is 52.6 Å². The monoisotopic (exact) mass is 293 g/mol. The number of fused-ring (bicyclic) bond motifs is 3. The van der Waals surface area contributed by atoms with Crippen molar-refractivity contribution in [2.75, 3.05) is 0 Å². The summed E-state index contributed by atoms with van der Waals surface area (Å²) in [5.41, 5.74) is 6.97. The smallest absolute Gasteiger partial charge is 0.0494 e. The van der Waals surface area contributed by atoms with E-state index in [4.69, 9.17) is 0 Å². The Morgan fingerprint density at radius 1 is 0.727 bits per heavy atom. The zero-order valence-corrected chi connectivity index (χ0v) is 14.9. The summed E-state index contributed by atoms with van der Waals surface area (Å²) >= 11 is 0. The van der Waals surface area contributed by atoms with Crippen LogP contribution >= 0.6 is 0 Å². The lowest BCUT2D eigenvalue weighted by atomic mass is 9.84. The molecule has 1 aromatic heterocycles. The van der Waals surface area contributed by atoms with Crippen LogP contribution in [0.2, 0.25) is 0 Å². The number of nitrogens with one attached hydrogen (secondary N) is 1. The van der Waals surface area contributed by atoms with Gasteiger partial charge in [-0.1, -0.05) is 53.7 Å². The van der Waals surface area contributed by atoms with Gasteiger partial charge in [0.05, 0.1) is 0 Å². The molecule has 0 fully saturated rings. The molecular weight excluding hydrogens is 266 g/mol. The fraction of sp³-hybridized carbons (Fsp3) is 0.429. The van der Waals surface area contributed by atoms with Crippen molar-refractivity contribution < 1.29 is 0 Å². The third-order valence-corrected chi connectivity index (χ3v) is 4.64. The van der Waals surface area contributed by atoms with Gasteiger partial charge < -0.3 is 4.98 Å². The van der Waals surface area contributed by atoms with E-state index in [9.17, 15) is 0 Å². The van der Waals surface area contributed by atoms with Crippen LogP contribution in [0.4, 0.5) is 0 Å². The molecule has 2 aromatic carbocycles. The summed E-state index contributed by atoms with van der Waals surface area (Å²) in [5.74, 6) is 0. The molecule has 0 aliphatic carbocycles. The van der Waals surface area contributed by atoms with Gasteiger partial charge in [-0.2, -0.15) is 0 Å². The van der Waals surface area contributed by atoms with Gasteiger partial charge in [-0.15, -0.1) is 0 Å². The molecule has 0 unspecified atom stereocenters. The highest BCUT2D eigenvalue weighted by molar-refractivity contribution is 6.08. The molecule has 116 valence electrons. The summed E-state index contributed by atoms with van der Waals surface area (Å²) < 4.78 is 0. The van der Waals surface area contributed by atoms with E-state index in [1.165, 1.54) is 38.5 Å². The van der Waals surface area contributed by atoms with Gasteiger partial charge in [0.15, 0.2) is 0 Å². The van der Waals surface area contributed by atoms with Gasteiger partial charge in [-0.3, -0.25) is 0 Å². The highest BCUT2D eigenvalue weighted by Crippen LogP contribution is 2.35. The van der Waals surface area contributed by atoms with Crippen LogP contribution < -0.4 is 0 Å². The van der Waals surface area contributed by atoms with E-state index in [-0.39, 0.29) is 10.8 Å². The molecule has 1 heterocycles. The number of H-pyrrole nitrogens is 1. The Labute approximate surface area is 133 Å². The van der Waals surface area contributed by atoms with Crippen LogP contribution in [-0.4, -0.2) is 4.98 Å². The van der Waals surface area contributed by atoms with Gasteiger partial charge in [0.2, 0.25) is 0 Å². The van der Waals surface area contributed by atoms with Crippen LogP contribution in [0.1, 0.15) is 58.2 Å². The highest BCUT2D eigenvalue weighted by atomic mass is 14.7. The molecule has 22 heavy (non-hydrogen) atoms. The minimum absolute atomic E-state index is 0.171. The van der Waals surface area contributed by atoms with E-state index in [1.54, 1.807) is 0 Å². The molecule has 0 saturated carbocycles. The number of benzene rings is 2. The molecule has 1 N–H and O–H groups in total. The molecule has 0 aliphatic rings. The van der Waals surface area contributed by atoms with Crippen molar-refractivity contribution in [3.8, 4) is 0 Å². The van der Waals surface area contributed by atoms with Crippen molar-refractivity contribution >= 4 is 21.8 Å². The number of rotatable bonds is 0. The quantitative estimate of drug-likeness (QED) is 0.506. The molecule has 1 heteroatoms. The number of hydrogen-bond donors (Lipinski definition) is 1. The second-order valence-corrected chi connectivity index (χ2v) is 8.60. The zero-order valence-electron chi connectivity index (χ0n) is 14.9. The lowest BCUT2D eigenvalue weighted by Gasteiger charge is -2.20. The Morgan fingerprint density at radius 2 is 1.32 bits per heavy atom. The molecule has 3 rings (SSSR count). The van der Waals surface area contributed by atoms with Crippen molar-refractivity contribution in [1.29, 1.82) is 0 Å². The van der Waals surface area contributed by atoms with Gasteiger partial charge in [0.1, 0.15) is 0 Å². The largest absolute Gasteiger partial charge is 0.354 e. The molecule has 0 aliphatic heterocycles. The average Bonchev–Trinajstić information content (AvgIpc) is 2.75. The average molecular weight is 293 g/mol. The van der Waals surface area contributed by atoms with Crippen molar-refractivity contribution in [3.05, 3.63) is 47.0 Å². The van der Waals surface area contributed by atoms with E-state index in [1.807, 2.05) is 0 Å². The van der Waals surface area contributed by atoms with Crippen molar-refractivity contribution in [2.24, 2.45) is 0 Å². The summed E-state index contributed by atoms with van der Waals surface area (Å²) in [6.45, 7) is 15.9. The maximum atomic E-state index is 3.60. The first-order valence-electron chi connectivity index (χ1n) is 8.14. The van der Waals surface area contributed by atoms with Crippen LogP contribution in [0.15, 0.2) is 30.3 Å². The van der Waals surface area contributed by atoms with E-state index in [0.29, 0.717) is 0 Å².